The molecule has 0 aromatic heterocycles. The minimum Gasteiger partial charge on any atom is -0.508 e. The molecule has 2 nitrogen and oxygen atoms in total. The highest BCUT2D eigenvalue weighted by Gasteiger charge is 2.10. The van der Waals surface area contributed by atoms with Crippen molar-refractivity contribution < 1.29 is 9.13 Å². The molecule has 1 aromatic rings. The van der Waals surface area contributed by atoms with Crippen LogP contribution in [0.5, 0.6) is 5.75 Å². The van der Waals surface area contributed by atoms with Crippen LogP contribution in [0, 0.1) is 12.4 Å². The summed E-state index contributed by atoms with van der Waals surface area (Å²) in [5.41, 5.74) is 0.689. The number of benzene rings is 1. The number of rotatable bonds is 2. The van der Waals surface area contributed by atoms with Crippen LogP contribution in [-0.2, 0) is 5.33 Å². The zero-order valence-corrected chi connectivity index (χ0v) is 8.56. The molecule has 0 bridgehead atoms. The predicted octanol–water partition coefficient (Wildman–Crippen LogP) is 3.28. The van der Waals surface area contributed by atoms with Gasteiger partial charge in [0.2, 0.25) is 0 Å². The molecule has 0 aliphatic carbocycles. The summed E-state index contributed by atoms with van der Waals surface area (Å²) in [7, 11) is 1.42. The van der Waals surface area contributed by atoms with Gasteiger partial charge in [0.15, 0.2) is 0 Å². The number of nitrogens with zero attached hydrogens (tertiary/aromatic N) is 1. The summed E-state index contributed by atoms with van der Waals surface area (Å²) < 4.78 is 18.1. The Balaban J connectivity index is 3.31. The van der Waals surface area contributed by atoms with Gasteiger partial charge in [0.1, 0.15) is 11.6 Å². The Hall–Kier alpha value is -1.08. The Morgan fingerprint density at radius 2 is 2.31 bits per heavy atom. The smallest absolute Gasteiger partial charge is 0.262 e. The summed E-state index contributed by atoms with van der Waals surface area (Å²) in [5, 5.41) is 0.540. The van der Waals surface area contributed by atoms with Crippen LogP contribution in [-0.4, -0.2) is 7.11 Å². The maximum Gasteiger partial charge on any atom is 0.262 e. The van der Waals surface area contributed by atoms with Crippen LogP contribution in [0.1, 0.15) is 5.56 Å². The Kier molecular flexibility index (Phi) is 3.26. The van der Waals surface area contributed by atoms with Crippen LogP contribution < -0.4 is 4.74 Å². The van der Waals surface area contributed by atoms with E-state index in [1.807, 2.05) is 0 Å². The van der Waals surface area contributed by atoms with E-state index in [4.69, 9.17) is 11.3 Å². The lowest BCUT2D eigenvalue weighted by Gasteiger charge is -2.05. The Labute approximate surface area is 84.3 Å². The summed E-state index contributed by atoms with van der Waals surface area (Å²) in [6.07, 6.45) is 0. The molecule has 0 saturated heterocycles. The molecule has 0 aliphatic heterocycles. The number of alkyl halides is 1. The summed E-state index contributed by atoms with van der Waals surface area (Å²) in [6.45, 7) is 6.75. The minimum atomic E-state index is -0.538. The van der Waals surface area contributed by atoms with Crippen molar-refractivity contribution >= 4 is 21.6 Å². The highest BCUT2D eigenvalue weighted by Crippen LogP contribution is 2.32. The van der Waals surface area contributed by atoms with Gasteiger partial charge in [-0.15, -0.1) is 0 Å². The van der Waals surface area contributed by atoms with Crippen molar-refractivity contribution in [1.29, 1.82) is 0 Å². The van der Waals surface area contributed by atoms with Crippen LogP contribution in [0.25, 0.3) is 4.85 Å². The van der Waals surface area contributed by atoms with Gasteiger partial charge in [-0.25, -0.2) is 9.24 Å². The molecule has 0 radical (unpaired) electrons. The molecule has 0 aliphatic rings. The highest BCUT2D eigenvalue weighted by molar-refractivity contribution is 9.08. The topological polar surface area (TPSA) is 13.6 Å². The van der Waals surface area contributed by atoms with E-state index in [0.717, 1.165) is 5.56 Å². The van der Waals surface area contributed by atoms with E-state index in [-0.39, 0.29) is 11.4 Å². The van der Waals surface area contributed by atoms with Crippen molar-refractivity contribution in [3.63, 3.8) is 0 Å². The van der Waals surface area contributed by atoms with Crippen LogP contribution in [0.4, 0.5) is 10.1 Å². The second-order valence-corrected chi connectivity index (χ2v) is 2.93. The van der Waals surface area contributed by atoms with Gasteiger partial charge in [-0.05, 0) is 17.7 Å². The van der Waals surface area contributed by atoms with E-state index in [0.29, 0.717) is 5.33 Å². The van der Waals surface area contributed by atoms with Crippen LogP contribution >= 0.6 is 15.9 Å². The molecule has 0 fully saturated rings. The quantitative estimate of drug-likeness (QED) is 0.575. The summed E-state index contributed by atoms with van der Waals surface area (Å²) >= 11 is 3.20. The van der Waals surface area contributed by atoms with Gasteiger partial charge in [-0.2, -0.15) is 0 Å². The fourth-order valence-corrected chi connectivity index (χ4v) is 1.29. The molecule has 0 heterocycles. The van der Waals surface area contributed by atoms with Gasteiger partial charge in [-0.1, -0.05) is 15.9 Å². The number of halogens is 2. The van der Waals surface area contributed by atoms with Gasteiger partial charge in [0.25, 0.3) is 5.69 Å². The highest BCUT2D eigenvalue weighted by atomic mass is 79.9. The predicted molar refractivity (Wildman–Crippen MR) is 51.8 cm³/mol. The molecule has 68 valence electrons. The van der Waals surface area contributed by atoms with Crippen molar-refractivity contribution in [2.24, 2.45) is 0 Å². The first-order valence-corrected chi connectivity index (χ1v) is 4.65. The Morgan fingerprint density at radius 1 is 1.62 bits per heavy atom. The first-order valence-electron chi connectivity index (χ1n) is 3.52. The normalized spacial score (nSPS) is 9.38. The molecule has 4 heteroatoms. The maximum absolute atomic E-state index is 13.2. The van der Waals surface area contributed by atoms with Gasteiger partial charge in [-0.3, -0.25) is 0 Å². The largest absolute Gasteiger partial charge is 0.508 e. The van der Waals surface area contributed by atoms with Gasteiger partial charge in [0, 0.05) is 5.33 Å². The average molecular weight is 244 g/mol. The van der Waals surface area contributed by atoms with E-state index in [1.54, 1.807) is 6.07 Å². The molecule has 0 N–H and O–H groups in total. The fraction of sp³-hybridized carbons (Fsp3) is 0.222. The first-order chi connectivity index (χ1) is 6.22. The molecule has 0 saturated carbocycles. The molecule has 1 rings (SSSR count). The lowest BCUT2D eigenvalue weighted by atomic mass is 10.2. The SMILES string of the molecule is [C-]#[N+]c1c(F)cc(CBr)cc1OC. The Morgan fingerprint density at radius 3 is 2.77 bits per heavy atom. The summed E-state index contributed by atoms with van der Waals surface area (Å²) in [5.74, 6) is -0.256. The fourth-order valence-electron chi connectivity index (χ4n) is 0.968. The molecule has 13 heavy (non-hydrogen) atoms. The number of hydrogen-bond donors (Lipinski definition) is 0. The van der Waals surface area contributed by atoms with Crippen LogP contribution in [0.2, 0.25) is 0 Å². The second-order valence-electron chi connectivity index (χ2n) is 2.37. The van der Waals surface area contributed by atoms with Gasteiger partial charge >= 0.3 is 0 Å². The molecular formula is C9H7BrFNO. The summed E-state index contributed by atoms with van der Waals surface area (Å²) in [4.78, 5) is 3.05. The molecule has 0 atom stereocenters. The van der Waals surface area contributed by atoms with Crippen molar-refractivity contribution in [2.75, 3.05) is 7.11 Å². The number of hydrogen-bond acceptors (Lipinski definition) is 1. The zero-order chi connectivity index (χ0) is 9.84. The van der Waals surface area contributed by atoms with Gasteiger partial charge in [0.05, 0.1) is 13.7 Å². The lowest BCUT2D eigenvalue weighted by molar-refractivity contribution is 0.414. The van der Waals surface area contributed by atoms with E-state index in [1.165, 1.54) is 13.2 Å². The Bertz CT molecular complexity index is 359. The molecule has 1 aromatic carbocycles. The third-order valence-corrected chi connectivity index (χ3v) is 2.22. The minimum absolute atomic E-state index is 0.0628. The molecule has 0 unspecified atom stereocenters. The summed E-state index contributed by atoms with van der Waals surface area (Å²) in [6, 6.07) is 2.97. The van der Waals surface area contributed by atoms with E-state index in [9.17, 15) is 4.39 Å². The standard InChI is InChI=1S/C9H7BrFNO/c1-12-9-7(11)3-6(5-10)4-8(9)13-2/h3-4H,5H2,2H3. The third kappa shape index (κ3) is 1.99. The maximum atomic E-state index is 13.2. The van der Waals surface area contributed by atoms with E-state index >= 15 is 0 Å². The van der Waals surface area contributed by atoms with E-state index < -0.39 is 5.82 Å². The van der Waals surface area contributed by atoms with Crippen molar-refractivity contribution in [3.8, 4) is 5.75 Å². The van der Waals surface area contributed by atoms with Crippen molar-refractivity contribution in [1.82, 2.24) is 0 Å². The van der Waals surface area contributed by atoms with E-state index in [2.05, 4.69) is 20.8 Å². The zero-order valence-electron chi connectivity index (χ0n) is 6.97. The number of methoxy groups -OCH3 is 1. The third-order valence-electron chi connectivity index (χ3n) is 1.57. The molecule has 0 spiro atoms. The monoisotopic (exact) mass is 243 g/mol. The molecule has 0 amide bonds. The van der Waals surface area contributed by atoms with Crippen LogP contribution in [0.15, 0.2) is 12.1 Å². The molecular weight excluding hydrogens is 237 g/mol. The van der Waals surface area contributed by atoms with Crippen LogP contribution in [0.3, 0.4) is 0 Å². The van der Waals surface area contributed by atoms with Crippen molar-refractivity contribution in [3.05, 3.63) is 34.9 Å². The first kappa shape index (κ1) is 10.0. The second kappa shape index (κ2) is 4.24. The van der Waals surface area contributed by atoms with Crippen molar-refractivity contribution in [2.45, 2.75) is 5.33 Å². The van der Waals surface area contributed by atoms with Gasteiger partial charge < -0.3 is 4.74 Å². The average Bonchev–Trinajstić information content (AvgIpc) is 2.16. The lowest BCUT2D eigenvalue weighted by Crippen LogP contribution is -1.88. The number of ether oxygens (including phenoxy) is 1.